The Kier molecular flexibility index (Phi) is 6.43. The first-order chi connectivity index (χ1) is 17.9. The van der Waals surface area contributed by atoms with Crippen LogP contribution >= 0.6 is 0 Å². The van der Waals surface area contributed by atoms with Gasteiger partial charge >= 0.3 is 0 Å². The standard InChI is InChI=1S/C29H21FN2O5/c1-18-23(12-19-6-9-22(10-7-19)35-16-21-4-2-3-5-25(21)30)28(33)32(29(34)24(18)14-31)15-20-8-11-26-27(13-20)37-17-36-26/h2-13H,15-17H2,1H3/b23-12+. The zero-order chi connectivity index (χ0) is 25.9. The fraction of sp³-hybridized carbons (Fsp3) is 0.138. The highest BCUT2D eigenvalue weighted by molar-refractivity contribution is 6.19. The molecule has 37 heavy (non-hydrogen) atoms. The summed E-state index contributed by atoms with van der Waals surface area (Å²) in [6.45, 7) is 1.76. The zero-order valence-electron chi connectivity index (χ0n) is 19.9. The Hall–Kier alpha value is -4.90. The summed E-state index contributed by atoms with van der Waals surface area (Å²) in [5.74, 6) is 0.181. The Balaban J connectivity index is 1.37. The van der Waals surface area contributed by atoms with Gasteiger partial charge in [0.15, 0.2) is 11.5 Å². The summed E-state index contributed by atoms with van der Waals surface area (Å²) in [5.41, 5.74) is 2.26. The Morgan fingerprint density at radius 2 is 1.78 bits per heavy atom. The van der Waals surface area contributed by atoms with Crippen molar-refractivity contribution in [1.29, 1.82) is 5.26 Å². The first-order valence-electron chi connectivity index (χ1n) is 11.5. The average molecular weight is 496 g/mol. The van der Waals surface area contributed by atoms with E-state index >= 15 is 0 Å². The van der Waals surface area contributed by atoms with E-state index in [2.05, 4.69) is 0 Å². The van der Waals surface area contributed by atoms with E-state index in [9.17, 15) is 19.2 Å². The third kappa shape index (κ3) is 4.80. The highest BCUT2D eigenvalue weighted by Crippen LogP contribution is 2.34. The maximum absolute atomic E-state index is 13.8. The second-order valence-corrected chi connectivity index (χ2v) is 8.50. The van der Waals surface area contributed by atoms with Crippen LogP contribution in [-0.4, -0.2) is 23.5 Å². The summed E-state index contributed by atoms with van der Waals surface area (Å²) in [6.07, 6.45) is 1.63. The molecule has 8 heteroatoms. The van der Waals surface area contributed by atoms with E-state index in [4.69, 9.17) is 14.2 Å². The van der Waals surface area contributed by atoms with Gasteiger partial charge in [-0.3, -0.25) is 14.5 Å². The van der Waals surface area contributed by atoms with Gasteiger partial charge in [-0.1, -0.05) is 36.4 Å². The van der Waals surface area contributed by atoms with E-state index < -0.39 is 11.8 Å². The fourth-order valence-electron chi connectivity index (χ4n) is 4.10. The van der Waals surface area contributed by atoms with Crippen molar-refractivity contribution in [3.05, 3.63) is 106 Å². The van der Waals surface area contributed by atoms with Crippen LogP contribution in [0.3, 0.4) is 0 Å². The summed E-state index contributed by atoms with van der Waals surface area (Å²) in [4.78, 5) is 27.4. The van der Waals surface area contributed by atoms with Crippen molar-refractivity contribution in [1.82, 2.24) is 4.90 Å². The van der Waals surface area contributed by atoms with Gasteiger partial charge in [0.1, 0.15) is 29.8 Å². The molecule has 0 aliphatic carbocycles. The van der Waals surface area contributed by atoms with Crippen LogP contribution in [0.2, 0.25) is 0 Å². The summed E-state index contributed by atoms with van der Waals surface area (Å²) >= 11 is 0. The van der Waals surface area contributed by atoms with E-state index in [0.29, 0.717) is 39.5 Å². The fourth-order valence-corrected chi connectivity index (χ4v) is 4.10. The number of nitrogens with zero attached hydrogens (tertiary/aromatic N) is 2. The minimum atomic E-state index is -0.642. The van der Waals surface area contributed by atoms with Crippen LogP contribution in [0.4, 0.5) is 4.39 Å². The number of hydrogen-bond acceptors (Lipinski definition) is 6. The predicted octanol–water partition coefficient (Wildman–Crippen LogP) is 4.93. The highest BCUT2D eigenvalue weighted by atomic mass is 19.1. The summed E-state index contributed by atoms with van der Waals surface area (Å²) < 4.78 is 30.2. The lowest BCUT2D eigenvalue weighted by Crippen LogP contribution is -2.42. The molecule has 0 saturated carbocycles. The van der Waals surface area contributed by atoms with Crippen molar-refractivity contribution in [2.24, 2.45) is 0 Å². The second-order valence-electron chi connectivity index (χ2n) is 8.50. The maximum Gasteiger partial charge on any atom is 0.271 e. The third-order valence-electron chi connectivity index (χ3n) is 6.15. The van der Waals surface area contributed by atoms with Crippen LogP contribution in [0.25, 0.3) is 6.08 Å². The van der Waals surface area contributed by atoms with Gasteiger partial charge in [0.2, 0.25) is 6.79 Å². The molecule has 5 rings (SSSR count). The quantitative estimate of drug-likeness (QED) is 0.355. The number of imide groups is 1. The van der Waals surface area contributed by atoms with Gasteiger partial charge in [0.25, 0.3) is 11.8 Å². The van der Waals surface area contributed by atoms with Crippen molar-refractivity contribution in [3.8, 4) is 23.3 Å². The van der Waals surface area contributed by atoms with E-state index in [1.165, 1.54) is 6.07 Å². The average Bonchev–Trinajstić information content (AvgIpc) is 3.38. The number of amides is 2. The molecule has 184 valence electrons. The Bertz CT molecular complexity index is 1500. The molecule has 0 unspecified atom stereocenters. The molecule has 7 nitrogen and oxygen atoms in total. The van der Waals surface area contributed by atoms with Gasteiger partial charge in [-0.25, -0.2) is 4.39 Å². The van der Waals surface area contributed by atoms with Crippen molar-refractivity contribution in [2.45, 2.75) is 20.1 Å². The van der Waals surface area contributed by atoms with Gasteiger partial charge < -0.3 is 14.2 Å². The van der Waals surface area contributed by atoms with Crippen LogP contribution in [0.5, 0.6) is 17.2 Å². The molecule has 0 N–H and O–H groups in total. The summed E-state index contributed by atoms with van der Waals surface area (Å²) in [6, 6.07) is 20.4. The first-order valence-corrected chi connectivity index (χ1v) is 11.5. The zero-order valence-corrected chi connectivity index (χ0v) is 19.9. The largest absolute Gasteiger partial charge is 0.489 e. The van der Waals surface area contributed by atoms with E-state index in [1.807, 2.05) is 6.07 Å². The molecule has 0 fully saturated rings. The Morgan fingerprint density at radius 1 is 1.03 bits per heavy atom. The van der Waals surface area contributed by atoms with E-state index in [-0.39, 0.29) is 36.9 Å². The van der Waals surface area contributed by atoms with Crippen LogP contribution in [-0.2, 0) is 22.7 Å². The molecule has 2 aliphatic rings. The molecule has 0 atom stereocenters. The molecule has 3 aromatic carbocycles. The molecule has 0 saturated heterocycles. The van der Waals surface area contributed by atoms with Crippen LogP contribution in [0.15, 0.2) is 83.4 Å². The molecule has 2 heterocycles. The lowest BCUT2D eigenvalue weighted by molar-refractivity contribution is -0.141. The number of benzene rings is 3. The lowest BCUT2D eigenvalue weighted by atomic mass is 9.93. The third-order valence-corrected chi connectivity index (χ3v) is 6.15. The van der Waals surface area contributed by atoms with Gasteiger partial charge in [0, 0.05) is 11.1 Å². The number of ether oxygens (including phenoxy) is 3. The van der Waals surface area contributed by atoms with E-state index in [1.54, 1.807) is 73.7 Å². The number of nitriles is 1. The van der Waals surface area contributed by atoms with Gasteiger partial charge in [0.05, 0.1) is 6.54 Å². The minimum absolute atomic E-state index is 0.0209. The monoisotopic (exact) mass is 496 g/mol. The Labute approximate surface area is 212 Å². The van der Waals surface area contributed by atoms with Gasteiger partial charge in [-0.05, 0) is 60.0 Å². The van der Waals surface area contributed by atoms with Crippen molar-refractivity contribution < 1.29 is 28.2 Å². The number of carbonyl (C=O) groups excluding carboxylic acids is 2. The second kappa shape index (κ2) is 9.99. The molecular formula is C29H21FN2O5. The summed E-state index contributed by atoms with van der Waals surface area (Å²) in [7, 11) is 0. The van der Waals surface area contributed by atoms with Crippen molar-refractivity contribution in [3.63, 3.8) is 0 Å². The van der Waals surface area contributed by atoms with Crippen LogP contribution in [0.1, 0.15) is 23.6 Å². The molecule has 2 aliphatic heterocycles. The van der Waals surface area contributed by atoms with Gasteiger partial charge in [-0.2, -0.15) is 5.26 Å². The molecule has 0 spiro atoms. The van der Waals surface area contributed by atoms with Crippen LogP contribution < -0.4 is 14.2 Å². The van der Waals surface area contributed by atoms with Crippen molar-refractivity contribution in [2.75, 3.05) is 6.79 Å². The minimum Gasteiger partial charge on any atom is -0.489 e. The van der Waals surface area contributed by atoms with Gasteiger partial charge in [-0.15, -0.1) is 0 Å². The smallest absolute Gasteiger partial charge is 0.271 e. The number of carbonyl (C=O) groups is 2. The number of rotatable bonds is 6. The predicted molar refractivity (Wildman–Crippen MR) is 132 cm³/mol. The molecule has 0 aromatic heterocycles. The summed E-state index contributed by atoms with van der Waals surface area (Å²) in [5, 5.41) is 9.65. The van der Waals surface area contributed by atoms with E-state index in [0.717, 1.165) is 4.90 Å². The topological polar surface area (TPSA) is 88.9 Å². The molecule has 0 bridgehead atoms. The molecule has 3 aromatic rings. The first kappa shape index (κ1) is 23.8. The number of fused-ring (bicyclic) bond motifs is 1. The number of hydrogen-bond donors (Lipinski definition) is 0. The number of halogens is 1. The highest BCUT2D eigenvalue weighted by Gasteiger charge is 2.35. The molecule has 2 amide bonds. The SMILES string of the molecule is CC1=C(C#N)C(=O)N(Cc2ccc3c(c2)OCO3)C(=O)/C1=C/c1ccc(OCc2ccccc2F)cc1. The normalized spacial score (nSPS) is 15.8. The molecule has 0 radical (unpaired) electrons. The van der Waals surface area contributed by atoms with Crippen LogP contribution in [0, 0.1) is 17.1 Å². The van der Waals surface area contributed by atoms with Crippen molar-refractivity contribution >= 4 is 17.9 Å². The molecular weight excluding hydrogens is 475 g/mol. The lowest BCUT2D eigenvalue weighted by Gasteiger charge is -2.27. The Morgan fingerprint density at radius 3 is 2.54 bits per heavy atom. The maximum atomic E-state index is 13.8.